The fraction of sp³-hybridized carbons (Fsp3) is 0.310. The molecule has 0 bridgehead atoms. The number of hydrogen-bond donors (Lipinski definition) is 0. The van der Waals surface area contributed by atoms with E-state index in [1.54, 1.807) is 19.1 Å². The fourth-order valence-electron chi connectivity index (χ4n) is 5.45. The van der Waals surface area contributed by atoms with Crippen LogP contribution in [-0.2, 0) is 4.79 Å². The molecular formula is C29H30ClN3O2. The third-order valence-corrected chi connectivity index (χ3v) is 7.37. The van der Waals surface area contributed by atoms with Gasteiger partial charge in [-0.2, -0.15) is 0 Å². The third kappa shape index (κ3) is 4.53. The number of carbonyl (C=O) groups excluding carboxylic acids is 2. The van der Waals surface area contributed by atoms with Crippen LogP contribution in [0, 0.1) is 0 Å². The molecule has 2 amide bonds. The first-order valence-electron chi connectivity index (χ1n) is 12.3. The number of nitrogens with zero attached hydrogens (tertiary/aromatic N) is 3. The molecule has 180 valence electrons. The second kappa shape index (κ2) is 9.74. The fourth-order valence-corrected chi connectivity index (χ4v) is 5.57. The molecule has 35 heavy (non-hydrogen) atoms. The van der Waals surface area contributed by atoms with Crippen LogP contribution < -0.4 is 14.7 Å². The standard InChI is InChI=1S/C29H30ClN3O2/c1-20-19-28(33(21(2)34)25-15-11-23(30)12-16-25)26-7-3-4-8-27(26)32(20)29(35)22-9-13-24(14-10-22)31-17-5-6-18-31/h3-4,7-16,20,28H,5-6,17-19H2,1-2H3/t20-,28+/m0/s1. The summed E-state index contributed by atoms with van der Waals surface area (Å²) < 4.78 is 0. The number of fused-ring (bicyclic) bond motifs is 1. The minimum absolute atomic E-state index is 0.0164. The zero-order chi connectivity index (χ0) is 24.5. The molecule has 3 aromatic rings. The van der Waals surface area contributed by atoms with Crippen molar-refractivity contribution in [3.05, 3.63) is 88.9 Å². The maximum absolute atomic E-state index is 13.7. The Morgan fingerprint density at radius 2 is 1.57 bits per heavy atom. The Balaban J connectivity index is 1.48. The summed E-state index contributed by atoms with van der Waals surface area (Å²) in [5, 5.41) is 0.627. The minimum Gasteiger partial charge on any atom is -0.372 e. The maximum atomic E-state index is 13.7. The van der Waals surface area contributed by atoms with Crippen molar-refractivity contribution in [1.29, 1.82) is 0 Å². The molecule has 5 rings (SSSR count). The monoisotopic (exact) mass is 487 g/mol. The molecule has 2 aliphatic rings. The van der Waals surface area contributed by atoms with Gasteiger partial charge < -0.3 is 14.7 Å². The topological polar surface area (TPSA) is 43.9 Å². The molecule has 2 heterocycles. The van der Waals surface area contributed by atoms with Crippen LogP contribution >= 0.6 is 11.6 Å². The number of rotatable bonds is 4. The molecule has 2 aliphatic heterocycles. The van der Waals surface area contributed by atoms with Crippen molar-refractivity contribution < 1.29 is 9.59 Å². The van der Waals surface area contributed by atoms with Gasteiger partial charge in [0.1, 0.15) is 0 Å². The van der Waals surface area contributed by atoms with Gasteiger partial charge in [0.05, 0.1) is 6.04 Å². The summed E-state index contributed by atoms with van der Waals surface area (Å²) in [7, 11) is 0. The van der Waals surface area contributed by atoms with Gasteiger partial charge in [0.25, 0.3) is 5.91 Å². The van der Waals surface area contributed by atoms with E-state index in [4.69, 9.17) is 11.6 Å². The Bertz CT molecular complexity index is 1220. The Kier molecular flexibility index (Phi) is 6.52. The van der Waals surface area contributed by atoms with Gasteiger partial charge in [0.2, 0.25) is 5.91 Å². The first-order valence-corrected chi connectivity index (χ1v) is 12.6. The zero-order valence-corrected chi connectivity index (χ0v) is 20.9. The van der Waals surface area contributed by atoms with E-state index >= 15 is 0 Å². The number of carbonyl (C=O) groups is 2. The van der Waals surface area contributed by atoms with Gasteiger partial charge in [-0.25, -0.2) is 0 Å². The van der Waals surface area contributed by atoms with Crippen LogP contribution in [0.3, 0.4) is 0 Å². The molecule has 0 N–H and O–H groups in total. The van der Waals surface area contributed by atoms with Gasteiger partial charge in [-0.15, -0.1) is 0 Å². The summed E-state index contributed by atoms with van der Waals surface area (Å²) in [5.74, 6) is -0.0613. The number of anilines is 3. The number of hydrogen-bond acceptors (Lipinski definition) is 3. The molecule has 0 unspecified atom stereocenters. The molecule has 0 saturated carbocycles. The highest BCUT2D eigenvalue weighted by Crippen LogP contribution is 2.43. The maximum Gasteiger partial charge on any atom is 0.258 e. The lowest BCUT2D eigenvalue weighted by Crippen LogP contribution is -2.47. The zero-order valence-electron chi connectivity index (χ0n) is 20.2. The molecule has 0 radical (unpaired) electrons. The number of halogens is 1. The van der Waals surface area contributed by atoms with E-state index in [9.17, 15) is 9.59 Å². The van der Waals surface area contributed by atoms with Crippen molar-refractivity contribution >= 4 is 40.5 Å². The molecular weight excluding hydrogens is 458 g/mol. The van der Waals surface area contributed by atoms with E-state index < -0.39 is 0 Å². The summed E-state index contributed by atoms with van der Waals surface area (Å²) in [4.78, 5) is 32.6. The first-order chi connectivity index (χ1) is 16.9. The molecule has 1 fully saturated rings. The van der Waals surface area contributed by atoms with Crippen LogP contribution in [0.5, 0.6) is 0 Å². The second-order valence-corrected chi connectivity index (χ2v) is 9.88. The van der Waals surface area contributed by atoms with Crippen LogP contribution in [0.15, 0.2) is 72.8 Å². The van der Waals surface area contributed by atoms with Gasteiger partial charge in [-0.3, -0.25) is 9.59 Å². The van der Waals surface area contributed by atoms with Crippen LogP contribution in [0.1, 0.15) is 55.1 Å². The molecule has 0 aromatic heterocycles. The summed E-state index contributed by atoms with van der Waals surface area (Å²) in [5.41, 5.74) is 4.47. The molecule has 5 nitrogen and oxygen atoms in total. The van der Waals surface area contributed by atoms with E-state index in [1.807, 2.05) is 58.3 Å². The highest BCUT2D eigenvalue weighted by Gasteiger charge is 2.38. The quantitative estimate of drug-likeness (QED) is 0.423. The largest absolute Gasteiger partial charge is 0.372 e. The van der Waals surface area contributed by atoms with Crippen molar-refractivity contribution in [1.82, 2.24) is 0 Å². The molecule has 0 aliphatic carbocycles. The SMILES string of the molecule is CC(=O)N(c1ccc(Cl)cc1)[C@@H]1C[C@H](C)N(C(=O)c2ccc(N3CCCC3)cc2)c2ccccc21. The summed E-state index contributed by atoms with van der Waals surface area (Å²) in [6.45, 7) is 5.79. The Labute approximate surface area is 211 Å². The Morgan fingerprint density at radius 3 is 2.23 bits per heavy atom. The lowest BCUT2D eigenvalue weighted by molar-refractivity contribution is -0.117. The van der Waals surface area contributed by atoms with Gasteiger partial charge in [0, 0.05) is 53.7 Å². The van der Waals surface area contributed by atoms with Crippen LogP contribution in [0.2, 0.25) is 5.02 Å². The first kappa shape index (κ1) is 23.4. The second-order valence-electron chi connectivity index (χ2n) is 9.44. The van der Waals surface area contributed by atoms with E-state index in [0.717, 1.165) is 30.0 Å². The predicted molar refractivity (Wildman–Crippen MR) is 143 cm³/mol. The molecule has 3 aromatic carbocycles. The van der Waals surface area contributed by atoms with Crippen molar-refractivity contribution in [3.8, 4) is 0 Å². The predicted octanol–water partition coefficient (Wildman–Crippen LogP) is 6.47. The number of para-hydroxylation sites is 1. The highest BCUT2D eigenvalue weighted by molar-refractivity contribution is 6.30. The van der Waals surface area contributed by atoms with E-state index in [1.165, 1.54) is 18.5 Å². The van der Waals surface area contributed by atoms with E-state index in [0.29, 0.717) is 17.0 Å². The normalized spacial score (nSPS) is 19.4. The van der Waals surface area contributed by atoms with E-state index in [2.05, 4.69) is 24.0 Å². The number of benzene rings is 3. The average Bonchev–Trinajstić information content (AvgIpc) is 3.40. The van der Waals surface area contributed by atoms with Crippen molar-refractivity contribution in [3.63, 3.8) is 0 Å². The smallest absolute Gasteiger partial charge is 0.258 e. The number of amides is 2. The van der Waals surface area contributed by atoms with Crippen LogP contribution in [0.4, 0.5) is 17.1 Å². The summed E-state index contributed by atoms with van der Waals surface area (Å²) in [6, 6.07) is 23.0. The van der Waals surface area contributed by atoms with Crippen LogP contribution in [-0.4, -0.2) is 30.9 Å². The van der Waals surface area contributed by atoms with Gasteiger partial charge in [0.15, 0.2) is 0 Å². The van der Waals surface area contributed by atoms with E-state index in [-0.39, 0.29) is 23.9 Å². The lowest BCUT2D eigenvalue weighted by Gasteiger charge is -2.43. The summed E-state index contributed by atoms with van der Waals surface area (Å²) >= 11 is 6.09. The third-order valence-electron chi connectivity index (χ3n) is 7.12. The summed E-state index contributed by atoms with van der Waals surface area (Å²) in [6.07, 6.45) is 3.07. The van der Waals surface area contributed by atoms with Gasteiger partial charge >= 0.3 is 0 Å². The van der Waals surface area contributed by atoms with Crippen LogP contribution in [0.25, 0.3) is 0 Å². The molecule has 6 heteroatoms. The minimum atomic E-state index is -0.179. The Morgan fingerprint density at radius 1 is 0.914 bits per heavy atom. The lowest BCUT2D eigenvalue weighted by atomic mass is 9.89. The molecule has 0 spiro atoms. The van der Waals surface area contributed by atoms with Crippen molar-refractivity contribution in [2.24, 2.45) is 0 Å². The van der Waals surface area contributed by atoms with Gasteiger partial charge in [-0.1, -0.05) is 29.8 Å². The van der Waals surface area contributed by atoms with Gasteiger partial charge in [-0.05, 0) is 86.3 Å². The highest BCUT2D eigenvalue weighted by atomic mass is 35.5. The van der Waals surface area contributed by atoms with Crippen molar-refractivity contribution in [2.75, 3.05) is 27.8 Å². The molecule has 1 saturated heterocycles. The Hall–Kier alpha value is -3.31. The molecule has 2 atom stereocenters. The van der Waals surface area contributed by atoms with Crippen molar-refractivity contribution in [2.45, 2.75) is 45.2 Å². The average molecular weight is 488 g/mol.